The summed E-state index contributed by atoms with van der Waals surface area (Å²) in [5, 5.41) is 0. The van der Waals surface area contributed by atoms with Crippen LogP contribution in [0.1, 0.15) is 27.7 Å². The van der Waals surface area contributed by atoms with Gasteiger partial charge in [0.25, 0.3) is 0 Å². The van der Waals surface area contributed by atoms with Crippen LogP contribution in [-0.2, 0) is 9.53 Å². The topological polar surface area (TPSA) is 29.5 Å². The molecule has 0 heterocycles. The first-order valence-electron chi connectivity index (χ1n) is 5.50. The number of hydrogen-bond acceptors (Lipinski definition) is 3. The van der Waals surface area contributed by atoms with Crippen LogP contribution in [-0.4, -0.2) is 44.5 Å². The third-order valence-electron chi connectivity index (χ3n) is 2.71. The van der Waals surface area contributed by atoms with Crippen LogP contribution in [0.15, 0.2) is 0 Å². The minimum atomic E-state index is 0.0298. The quantitative estimate of drug-likeness (QED) is 0.633. The van der Waals surface area contributed by atoms with E-state index in [1.807, 2.05) is 25.9 Å². The lowest BCUT2D eigenvalue weighted by Crippen LogP contribution is -2.29. The average molecular weight is 215 g/mol. The van der Waals surface area contributed by atoms with E-state index in [-0.39, 0.29) is 23.7 Å². The molecule has 0 aromatic rings. The summed E-state index contributed by atoms with van der Waals surface area (Å²) in [5.74, 6) is 0.248. The smallest absolute Gasteiger partial charge is 0.161 e. The molecule has 3 nitrogen and oxygen atoms in total. The Kier molecular flexibility index (Phi) is 6.06. The number of ketones is 1. The Balaban J connectivity index is 3.75. The van der Waals surface area contributed by atoms with E-state index >= 15 is 0 Å². The fraction of sp³-hybridized carbons (Fsp3) is 0.917. The molecule has 3 heteroatoms. The van der Waals surface area contributed by atoms with Gasteiger partial charge < -0.3 is 9.64 Å². The second-order valence-electron chi connectivity index (χ2n) is 5.41. The number of carbonyl (C=O) groups excluding carboxylic acids is 1. The second kappa shape index (κ2) is 6.23. The van der Waals surface area contributed by atoms with Gasteiger partial charge in [-0.2, -0.15) is 0 Å². The lowest BCUT2D eigenvalue weighted by Gasteiger charge is -2.25. The van der Waals surface area contributed by atoms with Crippen LogP contribution in [0.5, 0.6) is 0 Å². The molecule has 0 radical (unpaired) electrons. The van der Waals surface area contributed by atoms with E-state index in [9.17, 15) is 4.79 Å². The van der Waals surface area contributed by atoms with Crippen LogP contribution in [0, 0.1) is 11.3 Å². The monoisotopic (exact) mass is 215 g/mol. The zero-order valence-electron chi connectivity index (χ0n) is 11.0. The van der Waals surface area contributed by atoms with Gasteiger partial charge in [0.05, 0.1) is 6.61 Å². The van der Waals surface area contributed by atoms with Gasteiger partial charge in [0.2, 0.25) is 0 Å². The van der Waals surface area contributed by atoms with E-state index in [2.05, 4.69) is 20.8 Å². The van der Waals surface area contributed by atoms with Crippen molar-refractivity contribution < 1.29 is 9.53 Å². The highest BCUT2D eigenvalue weighted by Gasteiger charge is 2.26. The first kappa shape index (κ1) is 14.6. The number of ether oxygens (including phenoxy) is 1. The first-order valence-corrected chi connectivity index (χ1v) is 5.50. The Hall–Kier alpha value is -0.410. The van der Waals surface area contributed by atoms with Gasteiger partial charge in [0, 0.05) is 12.5 Å². The minimum absolute atomic E-state index is 0.0298. The molecule has 0 amide bonds. The highest BCUT2D eigenvalue weighted by molar-refractivity contribution is 5.82. The Morgan fingerprint density at radius 2 is 1.87 bits per heavy atom. The van der Waals surface area contributed by atoms with Crippen molar-refractivity contribution in [3.8, 4) is 0 Å². The van der Waals surface area contributed by atoms with Crippen LogP contribution in [0.3, 0.4) is 0 Å². The Morgan fingerprint density at radius 3 is 2.27 bits per heavy atom. The molecule has 15 heavy (non-hydrogen) atoms. The van der Waals surface area contributed by atoms with E-state index < -0.39 is 0 Å². The van der Waals surface area contributed by atoms with E-state index in [1.165, 1.54) is 0 Å². The molecule has 0 fully saturated rings. The molecule has 0 rings (SSSR count). The van der Waals surface area contributed by atoms with Crippen LogP contribution in [0.4, 0.5) is 0 Å². The lowest BCUT2D eigenvalue weighted by atomic mass is 9.80. The number of hydrogen-bond donors (Lipinski definition) is 0. The summed E-state index contributed by atoms with van der Waals surface area (Å²) in [6.45, 7) is 9.93. The molecule has 0 aliphatic rings. The summed E-state index contributed by atoms with van der Waals surface area (Å²) in [6.07, 6.45) is 0. The molecule has 1 unspecified atom stereocenters. The zero-order valence-corrected chi connectivity index (χ0v) is 11.0. The van der Waals surface area contributed by atoms with Crippen LogP contribution in [0.2, 0.25) is 0 Å². The van der Waals surface area contributed by atoms with Crippen molar-refractivity contribution in [2.75, 3.05) is 33.9 Å². The molecule has 0 aromatic heterocycles. The molecule has 0 aromatic carbocycles. The minimum Gasteiger partial charge on any atom is -0.372 e. The van der Waals surface area contributed by atoms with E-state index in [0.29, 0.717) is 6.61 Å². The van der Waals surface area contributed by atoms with Crippen molar-refractivity contribution in [2.24, 2.45) is 11.3 Å². The molecule has 0 saturated carbocycles. The Labute approximate surface area is 93.8 Å². The number of carbonyl (C=O) groups is 1. The van der Waals surface area contributed by atoms with E-state index in [1.54, 1.807) is 0 Å². The SMILES string of the molecule is CC(C(=O)COCCN(C)C)C(C)(C)C. The molecule has 0 aliphatic carbocycles. The highest BCUT2D eigenvalue weighted by atomic mass is 16.5. The van der Waals surface area contributed by atoms with Gasteiger partial charge in [-0.3, -0.25) is 4.79 Å². The summed E-state index contributed by atoms with van der Waals surface area (Å²) >= 11 is 0. The Bertz CT molecular complexity index is 194. The fourth-order valence-corrected chi connectivity index (χ4v) is 1.03. The molecule has 0 bridgehead atoms. The predicted octanol–water partition coefficient (Wildman–Crippen LogP) is 1.82. The zero-order chi connectivity index (χ0) is 12.1. The fourth-order valence-electron chi connectivity index (χ4n) is 1.03. The van der Waals surface area contributed by atoms with Crippen molar-refractivity contribution in [1.82, 2.24) is 4.90 Å². The summed E-state index contributed by atoms with van der Waals surface area (Å²) in [4.78, 5) is 13.7. The number of nitrogens with zero attached hydrogens (tertiary/aromatic N) is 1. The van der Waals surface area contributed by atoms with Crippen LogP contribution < -0.4 is 0 Å². The summed E-state index contributed by atoms with van der Waals surface area (Å²) in [7, 11) is 3.98. The van der Waals surface area contributed by atoms with Gasteiger partial charge in [0.15, 0.2) is 5.78 Å². The van der Waals surface area contributed by atoms with E-state index in [4.69, 9.17) is 4.74 Å². The molecule has 0 spiro atoms. The van der Waals surface area contributed by atoms with Crippen molar-refractivity contribution >= 4 is 5.78 Å². The largest absolute Gasteiger partial charge is 0.372 e. The maximum Gasteiger partial charge on any atom is 0.161 e. The van der Waals surface area contributed by atoms with Gasteiger partial charge in [-0.05, 0) is 19.5 Å². The molecule has 1 atom stereocenters. The molecule has 90 valence electrons. The first-order chi connectivity index (χ1) is 6.75. The number of Topliss-reactive ketones (excluding diaryl/α,β-unsaturated/α-hetero) is 1. The summed E-state index contributed by atoms with van der Waals surface area (Å²) in [5.41, 5.74) is 0.0298. The van der Waals surface area contributed by atoms with Crippen LogP contribution in [0.25, 0.3) is 0 Å². The highest BCUT2D eigenvalue weighted by Crippen LogP contribution is 2.25. The second-order valence-corrected chi connectivity index (χ2v) is 5.41. The molecule has 0 saturated heterocycles. The predicted molar refractivity (Wildman–Crippen MR) is 63.0 cm³/mol. The van der Waals surface area contributed by atoms with Gasteiger partial charge in [-0.25, -0.2) is 0 Å². The van der Waals surface area contributed by atoms with Crippen molar-refractivity contribution in [2.45, 2.75) is 27.7 Å². The summed E-state index contributed by atoms with van der Waals surface area (Å²) < 4.78 is 5.33. The molecule has 0 N–H and O–H groups in total. The Morgan fingerprint density at radius 1 is 1.33 bits per heavy atom. The van der Waals surface area contributed by atoms with Gasteiger partial charge in [-0.15, -0.1) is 0 Å². The van der Waals surface area contributed by atoms with Crippen molar-refractivity contribution in [3.05, 3.63) is 0 Å². The molecule has 0 aliphatic heterocycles. The van der Waals surface area contributed by atoms with Crippen molar-refractivity contribution in [3.63, 3.8) is 0 Å². The molecular formula is C12H25NO2. The number of rotatable bonds is 6. The number of likely N-dealkylation sites (N-methyl/N-ethyl adjacent to an activating group) is 1. The maximum absolute atomic E-state index is 11.7. The maximum atomic E-state index is 11.7. The standard InChI is InChI=1S/C12H25NO2/c1-10(12(2,3)4)11(14)9-15-8-7-13(5)6/h10H,7-9H2,1-6H3. The van der Waals surface area contributed by atoms with Crippen LogP contribution >= 0.6 is 0 Å². The molecular weight excluding hydrogens is 190 g/mol. The van der Waals surface area contributed by atoms with Crippen molar-refractivity contribution in [1.29, 1.82) is 0 Å². The third kappa shape index (κ3) is 6.63. The van der Waals surface area contributed by atoms with Gasteiger partial charge in [0.1, 0.15) is 6.61 Å². The third-order valence-corrected chi connectivity index (χ3v) is 2.71. The van der Waals surface area contributed by atoms with Gasteiger partial charge >= 0.3 is 0 Å². The van der Waals surface area contributed by atoms with Gasteiger partial charge in [-0.1, -0.05) is 27.7 Å². The normalized spacial score (nSPS) is 14.3. The summed E-state index contributed by atoms with van der Waals surface area (Å²) in [6, 6.07) is 0. The van der Waals surface area contributed by atoms with E-state index in [0.717, 1.165) is 6.54 Å². The lowest BCUT2D eigenvalue weighted by molar-refractivity contribution is -0.130. The average Bonchev–Trinajstić information content (AvgIpc) is 2.09.